The van der Waals surface area contributed by atoms with E-state index in [4.69, 9.17) is 11.6 Å². The van der Waals surface area contributed by atoms with Gasteiger partial charge in [0.2, 0.25) is 0 Å². The summed E-state index contributed by atoms with van der Waals surface area (Å²) < 4.78 is 3.60. The maximum absolute atomic E-state index is 5.90. The first kappa shape index (κ1) is 28.8. The van der Waals surface area contributed by atoms with Gasteiger partial charge in [0, 0.05) is 61.1 Å². The lowest BCUT2D eigenvalue weighted by molar-refractivity contribution is 0.756. The molecule has 0 unspecified atom stereocenters. The Balaban J connectivity index is 0.000000167. The van der Waals surface area contributed by atoms with Gasteiger partial charge in [-0.1, -0.05) is 18.5 Å². The fourth-order valence-corrected chi connectivity index (χ4v) is 5.07. The number of aryl methyl sites for hydroxylation is 5. The van der Waals surface area contributed by atoms with Gasteiger partial charge in [0.05, 0.1) is 39.7 Å². The van der Waals surface area contributed by atoms with Crippen LogP contribution in [0.5, 0.6) is 0 Å². The Morgan fingerprint density at radius 2 is 1.30 bits per heavy atom. The van der Waals surface area contributed by atoms with Gasteiger partial charge >= 0.3 is 0 Å². The van der Waals surface area contributed by atoms with Crippen molar-refractivity contribution in [1.82, 2.24) is 49.7 Å². The van der Waals surface area contributed by atoms with E-state index in [0.717, 1.165) is 67.7 Å². The highest BCUT2D eigenvalue weighted by atomic mass is 35.5. The average molecular weight is 604 g/mol. The molecule has 0 saturated heterocycles. The third-order valence-electron chi connectivity index (χ3n) is 7.07. The van der Waals surface area contributed by atoms with Crippen molar-refractivity contribution in [1.29, 1.82) is 0 Å². The second-order valence-corrected chi connectivity index (χ2v) is 10.8. The summed E-state index contributed by atoms with van der Waals surface area (Å²) in [7, 11) is 3.82. The number of hydrogen-bond acceptors (Lipinski definition) is 9. The Morgan fingerprint density at radius 3 is 1.86 bits per heavy atom. The molecule has 0 radical (unpaired) electrons. The van der Waals surface area contributed by atoms with Crippen LogP contribution >= 0.6 is 11.6 Å². The van der Waals surface area contributed by atoms with Crippen molar-refractivity contribution in [3.05, 3.63) is 95.6 Å². The molecule has 0 bridgehead atoms. The van der Waals surface area contributed by atoms with Gasteiger partial charge in [-0.15, -0.1) is 5.10 Å². The van der Waals surface area contributed by atoms with Gasteiger partial charge in [-0.2, -0.15) is 15.3 Å². The van der Waals surface area contributed by atoms with E-state index in [-0.39, 0.29) is 0 Å². The largest absolute Gasteiger partial charge is 0.323 e. The summed E-state index contributed by atoms with van der Waals surface area (Å²) in [4.78, 5) is 17.9. The fraction of sp³-hybridized carbons (Fsp3) is 0.188. The van der Waals surface area contributed by atoms with E-state index < -0.39 is 0 Å². The number of pyridine rings is 4. The molecule has 0 spiro atoms. The molecule has 0 aromatic carbocycles. The van der Waals surface area contributed by atoms with Crippen LogP contribution in [0.4, 0.5) is 11.6 Å². The number of halogens is 1. The lowest BCUT2D eigenvalue weighted by Gasteiger charge is -2.07. The minimum atomic E-state index is 0.476. The molecule has 7 aromatic rings. The standard InChI is InChI=1S/C19H19N7.C13H11ClN4/c1-4-13-7-19(24-21-9-13)23-18-6-5-16-17(22-18)8-14(10-20-16)15-11-26(3)25-12(15)2;1-8-10(7-18(2)17-8)9-5-12-11(15-6-9)3-4-13(14)16-12/h5-11H,4H2,1-3H3,(H,22,23,24);3-7H,1-2H3. The summed E-state index contributed by atoms with van der Waals surface area (Å²) in [6, 6.07) is 13.4. The van der Waals surface area contributed by atoms with Crippen molar-refractivity contribution in [3.63, 3.8) is 0 Å². The summed E-state index contributed by atoms with van der Waals surface area (Å²) in [6.07, 6.45) is 10.3. The van der Waals surface area contributed by atoms with Gasteiger partial charge in [0.1, 0.15) is 11.0 Å². The minimum Gasteiger partial charge on any atom is -0.323 e. The van der Waals surface area contributed by atoms with Crippen molar-refractivity contribution < 1.29 is 0 Å². The third kappa shape index (κ3) is 6.23. The molecule has 44 heavy (non-hydrogen) atoms. The number of fused-ring (bicyclic) bond motifs is 2. The van der Waals surface area contributed by atoms with E-state index in [0.29, 0.717) is 16.8 Å². The van der Waals surface area contributed by atoms with E-state index in [9.17, 15) is 0 Å². The summed E-state index contributed by atoms with van der Waals surface area (Å²) >= 11 is 5.90. The van der Waals surface area contributed by atoms with E-state index in [1.54, 1.807) is 21.6 Å². The van der Waals surface area contributed by atoms with Crippen LogP contribution in [0.15, 0.2) is 73.4 Å². The van der Waals surface area contributed by atoms with Crippen LogP contribution in [-0.2, 0) is 20.5 Å². The summed E-state index contributed by atoms with van der Waals surface area (Å²) in [5.74, 6) is 1.39. The lowest BCUT2D eigenvalue weighted by atomic mass is 10.1. The summed E-state index contributed by atoms with van der Waals surface area (Å²) in [5, 5.41) is 20.6. The number of anilines is 2. The first-order chi connectivity index (χ1) is 21.2. The van der Waals surface area contributed by atoms with Gasteiger partial charge in [0.25, 0.3) is 0 Å². The van der Waals surface area contributed by atoms with Crippen molar-refractivity contribution in [2.24, 2.45) is 14.1 Å². The van der Waals surface area contributed by atoms with Crippen molar-refractivity contribution in [2.75, 3.05) is 5.32 Å². The normalized spacial score (nSPS) is 11.0. The van der Waals surface area contributed by atoms with Crippen molar-refractivity contribution in [2.45, 2.75) is 27.2 Å². The molecule has 11 nitrogen and oxygen atoms in total. The number of rotatable bonds is 5. The van der Waals surface area contributed by atoms with Crippen LogP contribution in [0, 0.1) is 13.8 Å². The predicted octanol–water partition coefficient (Wildman–Crippen LogP) is 6.43. The van der Waals surface area contributed by atoms with Gasteiger partial charge in [-0.25, -0.2) is 9.97 Å². The topological polar surface area (TPSA) is 125 Å². The summed E-state index contributed by atoms with van der Waals surface area (Å²) in [6.45, 7) is 6.05. The second kappa shape index (κ2) is 12.1. The highest BCUT2D eigenvalue weighted by Gasteiger charge is 2.10. The second-order valence-electron chi connectivity index (χ2n) is 10.4. The molecule has 1 N–H and O–H groups in total. The SMILES string of the molecule is CCc1cnnc(Nc2ccc3ncc(-c4cn(C)nc4C)cc3n2)c1.Cc1nn(C)cc1-c1cnc2ccc(Cl)nc2c1. The van der Waals surface area contributed by atoms with Gasteiger partial charge in [0.15, 0.2) is 5.82 Å². The summed E-state index contributed by atoms with van der Waals surface area (Å²) in [5.41, 5.74) is 10.5. The Hall–Kier alpha value is -5.29. The molecular formula is C32H30ClN11. The molecule has 0 amide bonds. The zero-order valence-electron chi connectivity index (χ0n) is 25.0. The maximum atomic E-state index is 5.90. The Morgan fingerprint density at radius 1 is 0.705 bits per heavy atom. The monoisotopic (exact) mass is 603 g/mol. The number of aromatic nitrogens is 10. The predicted molar refractivity (Wildman–Crippen MR) is 173 cm³/mol. The molecule has 12 heteroatoms. The molecule has 0 aliphatic rings. The van der Waals surface area contributed by atoms with Crippen LogP contribution in [-0.4, -0.2) is 49.7 Å². The van der Waals surface area contributed by atoms with E-state index >= 15 is 0 Å². The Bertz CT molecular complexity index is 2120. The molecular weight excluding hydrogens is 574 g/mol. The maximum Gasteiger partial charge on any atom is 0.154 e. The first-order valence-corrected chi connectivity index (χ1v) is 14.4. The number of nitrogens with one attached hydrogen (secondary N) is 1. The average Bonchev–Trinajstić information content (AvgIpc) is 3.55. The molecule has 7 aromatic heterocycles. The van der Waals surface area contributed by atoms with Crippen LogP contribution in [0.2, 0.25) is 5.15 Å². The van der Waals surface area contributed by atoms with Crippen LogP contribution in [0.25, 0.3) is 44.3 Å². The van der Waals surface area contributed by atoms with Crippen LogP contribution in [0.3, 0.4) is 0 Å². The molecule has 0 atom stereocenters. The molecule has 0 aliphatic heterocycles. The minimum absolute atomic E-state index is 0.476. The highest BCUT2D eigenvalue weighted by molar-refractivity contribution is 6.29. The van der Waals surface area contributed by atoms with Crippen LogP contribution < -0.4 is 5.32 Å². The molecule has 0 saturated carbocycles. The molecule has 0 fully saturated rings. The van der Waals surface area contributed by atoms with Gasteiger partial charge in [-0.05, 0) is 68.3 Å². The Labute approximate surface area is 259 Å². The highest BCUT2D eigenvalue weighted by Crippen LogP contribution is 2.26. The molecule has 7 heterocycles. The molecule has 220 valence electrons. The fourth-order valence-electron chi connectivity index (χ4n) is 4.91. The lowest BCUT2D eigenvalue weighted by Crippen LogP contribution is -1.99. The molecule has 0 aliphatic carbocycles. The van der Waals surface area contributed by atoms with E-state index in [1.165, 1.54) is 0 Å². The van der Waals surface area contributed by atoms with E-state index in [1.807, 2.05) is 89.1 Å². The zero-order chi connectivity index (χ0) is 30.8. The van der Waals surface area contributed by atoms with Crippen LogP contribution in [0.1, 0.15) is 23.9 Å². The molecule has 7 rings (SSSR count). The van der Waals surface area contributed by atoms with Gasteiger partial charge in [-0.3, -0.25) is 19.3 Å². The Kier molecular flexibility index (Phi) is 7.95. The quantitative estimate of drug-likeness (QED) is 0.222. The van der Waals surface area contributed by atoms with Crippen molar-refractivity contribution >= 4 is 45.3 Å². The smallest absolute Gasteiger partial charge is 0.154 e. The van der Waals surface area contributed by atoms with Gasteiger partial charge < -0.3 is 5.32 Å². The third-order valence-corrected chi connectivity index (χ3v) is 7.28. The van der Waals surface area contributed by atoms with E-state index in [2.05, 4.69) is 52.6 Å². The van der Waals surface area contributed by atoms with Crippen molar-refractivity contribution in [3.8, 4) is 22.3 Å². The number of nitrogens with zero attached hydrogens (tertiary/aromatic N) is 10. The zero-order valence-corrected chi connectivity index (χ0v) is 25.7. The first-order valence-electron chi connectivity index (χ1n) is 14.0. The number of hydrogen-bond donors (Lipinski definition) is 1.